The first-order valence-electron chi connectivity index (χ1n) is 7.17. The van der Waals surface area contributed by atoms with Crippen LogP contribution in [-0.4, -0.2) is 19.9 Å². The van der Waals surface area contributed by atoms with Crippen LogP contribution in [0.3, 0.4) is 0 Å². The van der Waals surface area contributed by atoms with Crippen molar-refractivity contribution in [2.45, 2.75) is 39.8 Å². The Morgan fingerprint density at radius 1 is 1.15 bits per heavy atom. The molecule has 1 aromatic heterocycles. The van der Waals surface area contributed by atoms with E-state index in [-0.39, 0.29) is 5.92 Å². The first kappa shape index (κ1) is 14.7. The lowest BCUT2D eigenvalue weighted by atomic mass is 9.94. The van der Waals surface area contributed by atoms with Crippen LogP contribution in [0.4, 0.5) is 0 Å². The van der Waals surface area contributed by atoms with Gasteiger partial charge in [0.2, 0.25) is 0 Å². The van der Waals surface area contributed by atoms with E-state index in [1.807, 2.05) is 41.9 Å². The summed E-state index contributed by atoms with van der Waals surface area (Å²) in [6, 6.07) is 9.78. The fourth-order valence-corrected chi connectivity index (χ4v) is 2.32. The summed E-state index contributed by atoms with van der Waals surface area (Å²) in [6.45, 7) is 7.23. The molecular weight excluding hydrogens is 250 g/mol. The molecule has 0 aliphatic heterocycles. The molecule has 0 aliphatic carbocycles. The number of rotatable bonds is 6. The van der Waals surface area contributed by atoms with Crippen molar-refractivity contribution in [1.82, 2.24) is 14.8 Å². The Bertz CT molecular complexity index is 522. The topological polar surface area (TPSA) is 50.9 Å². The molecule has 20 heavy (non-hydrogen) atoms. The molecule has 2 unspecified atom stereocenters. The third-order valence-electron chi connectivity index (χ3n) is 3.42. The third-order valence-corrected chi connectivity index (χ3v) is 3.42. The van der Waals surface area contributed by atoms with Crippen LogP contribution in [0.25, 0.3) is 0 Å². The lowest BCUT2D eigenvalue weighted by Gasteiger charge is -2.19. The summed E-state index contributed by atoms with van der Waals surface area (Å²) in [7, 11) is 0. The maximum absolute atomic E-state index is 10.4. The van der Waals surface area contributed by atoms with Crippen LogP contribution >= 0.6 is 0 Å². The van der Waals surface area contributed by atoms with Gasteiger partial charge >= 0.3 is 0 Å². The van der Waals surface area contributed by atoms with Gasteiger partial charge in [0.15, 0.2) is 0 Å². The second kappa shape index (κ2) is 6.66. The highest BCUT2D eigenvalue weighted by Gasteiger charge is 2.19. The Hall–Kier alpha value is -1.68. The molecular formula is C16H23N3O. The predicted molar refractivity (Wildman–Crippen MR) is 79.1 cm³/mol. The Labute approximate surface area is 120 Å². The van der Waals surface area contributed by atoms with Crippen molar-refractivity contribution in [1.29, 1.82) is 0 Å². The summed E-state index contributed by atoms with van der Waals surface area (Å²) in [5, 5.41) is 14.7. The van der Waals surface area contributed by atoms with E-state index in [9.17, 15) is 5.11 Å². The fourth-order valence-electron chi connectivity index (χ4n) is 2.32. The number of nitrogens with zero attached hydrogens (tertiary/aromatic N) is 3. The van der Waals surface area contributed by atoms with Gasteiger partial charge in [-0.1, -0.05) is 51.1 Å². The van der Waals surface area contributed by atoms with E-state index in [0.29, 0.717) is 5.92 Å². The summed E-state index contributed by atoms with van der Waals surface area (Å²) in [4.78, 5) is 4.33. The summed E-state index contributed by atoms with van der Waals surface area (Å²) in [5.74, 6) is 1.58. The van der Waals surface area contributed by atoms with Crippen molar-refractivity contribution >= 4 is 0 Å². The molecule has 108 valence electrons. The molecule has 0 spiro atoms. The molecule has 1 N–H and O–H groups in total. The van der Waals surface area contributed by atoms with Crippen molar-refractivity contribution < 1.29 is 5.11 Å². The third kappa shape index (κ3) is 3.67. The molecule has 2 rings (SSSR count). The van der Waals surface area contributed by atoms with E-state index in [1.54, 1.807) is 6.33 Å². The molecule has 0 bridgehead atoms. The molecule has 1 heterocycles. The minimum absolute atomic E-state index is 0.104. The summed E-state index contributed by atoms with van der Waals surface area (Å²) >= 11 is 0. The van der Waals surface area contributed by atoms with Gasteiger partial charge in [0.05, 0.1) is 6.10 Å². The van der Waals surface area contributed by atoms with Gasteiger partial charge in [-0.05, 0) is 17.4 Å². The second-order valence-corrected chi connectivity index (χ2v) is 5.79. The number of hydrogen-bond donors (Lipinski definition) is 1. The van der Waals surface area contributed by atoms with Crippen molar-refractivity contribution in [3.8, 4) is 0 Å². The van der Waals surface area contributed by atoms with E-state index in [4.69, 9.17) is 0 Å². The predicted octanol–water partition coefficient (Wildman–Crippen LogP) is 2.85. The number of benzene rings is 1. The first-order valence-corrected chi connectivity index (χ1v) is 7.17. The number of aliphatic hydroxyl groups excluding tert-OH is 1. The van der Waals surface area contributed by atoms with Crippen LogP contribution in [0.15, 0.2) is 36.7 Å². The van der Waals surface area contributed by atoms with Gasteiger partial charge in [-0.2, -0.15) is 5.10 Å². The van der Waals surface area contributed by atoms with Gasteiger partial charge in [0, 0.05) is 13.0 Å². The molecule has 1 aromatic carbocycles. The largest absolute Gasteiger partial charge is 0.388 e. The van der Waals surface area contributed by atoms with Gasteiger partial charge in [-0.3, -0.25) is 0 Å². The van der Waals surface area contributed by atoms with E-state index in [2.05, 4.69) is 23.9 Å². The summed E-state index contributed by atoms with van der Waals surface area (Å²) in [5.41, 5.74) is 0.954. The van der Waals surface area contributed by atoms with Crippen LogP contribution in [0.5, 0.6) is 0 Å². The Morgan fingerprint density at radius 3 is 2.50 bits per heavy atom. The van der Waals surface area contributed by atoms with Gasteiger partial charge < -0.3 is 5.11 Å². The van der Waals surface area contributed by atoms with Crippen LogP contribution < -0.4 is 0 Å². The van der Waals surface area contributed by atoms with Crippen molar-refractivity contribution in [3.05, 3.63) is 48.0 Å². The van der Waals surface area contributed by atoms with Gasteiger partial charge in [-0.15, -0.1) is 0 Å². The van der Waals surface area contributed by atoms with E-state index >= 15 is 0 Å². The minimum atomic E-state index is -0.472. The van der Waals surface area contributed by atoms with E-state index in [1.165, 1.54) is 0 Å². The number of hydrogen-bond acceptors (Lipinski definition) is 3. The highest BCUT2D eigenvalue weighted by atomic mass is 16.3. The Balaban J connectivity index is 2.04. The average Bonchev–Trinajstić information content (AvgIpc) is 2.85. The number of aromatic nitrogens is 3. The molecule has 0 aliphatic rings. The van der Waals surface area contributed by atoms with Crippen LogP contribution in [-0.2, 0) is 13.0 Å². The molecule has 0 saturated heterocycles. The smallest absolute Gasteiger partial charge is 0.138 e. The molecule has 0 amide bonds. The SMILES string of the molecule is CC(C)Cn1ncnc1CC(C)C(O)c1ccccc1. The average molecular weight is 273 g/mol. The normalized spacial score (nSPS) is 14.4. The molecule has 2 atom stereocenters. The van der Waals surface area contributed by atoms with Crippen molar-refractivity contribution in [3.63, 3.8) is 0 Å². The number of aliphatic hydroxyl groups is 1. The zero-order valence-electron chi connectivity index (χ0n) is 12.4. The van der Waals surface area contributed by atoms with E-state index in [0.717, 1.165) is 24.4 Å². The van der Waals surface area contributed by atoms with Gasteiger partial charge in [-0.25, -0.2) is 9.67 Å². The van der Waals surface area contributed by atoms with Crippen LogP contribution in [0.2, 0.25) is 0 Å². The highest BCUT2D eigenvalue weighted by molar-refractivity contribution is 5.18. The van der Waals surface area contributed by atoms with Crippen molar-refractivity contribution in [2.24, 2.45) is 11.8 Å². The fraction of sp³-hybridized carbons (Fsp3) is 0.500. The van der Waals surface area contributed by atoms with Crippen molar-refractivity contribution in [2.75, 3.05) is 0 Å². The van der Waals surface area contributed by atoms with Crippen LogP contribution in [0, 0.1) is 11.8 Å². The highest BCUT2D eigenvalue weighted by Crippen LogP contribution is 2.24. The maximum atomic E-state index is 10.4. The Kier molecular flexibility index (Phi) is 4.90. The van der Waals surface area contributed by atoms with Crippen LogP contribution in [0.1, 0.15) is 38.3 Å². The zero-order valence-corrected chi connectivity index (χ0v) is 12.4. The van der Waals surface area contributed by atoms with E-state index < -0.39 is 6.10 Å². The zero-order chi connectivity index (χ0) is 14.5. The lowest BCUT2D eigenvalue weighted by Crippen LogP contribution is -2.17. The molecule has 0 saturated carbocycles. The lowest BCUT2D eigenvalue weighted by molar-refractivity contribution is 0.115. The minimum Gasteiger partial charge on any atom is -0.388 e. The molecule has 0 fully saturated rings. The first-order chi connectivity index (χ1) is 9.58. The molecule has 4 heteroatoms. The molecule has 4 nitrogen and oxygen atoms in total. The molecule has 0 radical (unpaired) electrons. The quantitative estimate of drug-likeness (QED) is 0.880. The standard InChI is InChI=1S/C16H23N3O/c1-12(2)10-19-15(17-11-18-19)9-13(3)16(20)14-7-5-4-6-8-14/h4-8,11-13,16,20H,9-10H2,1-3H3. The van der Waals surface area contributed by atoms with Gasteiger partial charge in [0.1, 0.15) is 12.2 Å². The Morgan fingerprint density at radius 2 is 1.85 bits per heavy atom. The summed E-state index contributed by atoms with van der Waals surface area (Å²) in [6.07, 6.45) is 1.85. The monoisotopic (exact) mass is 273 g/mol. The summed E-state index contributed by atoms with van der Waals surface area (Å²) < 4.78 is 1.94. The van der Waals surface area contributed by atoms with Gasteiger partial charge in [0.25, 0.3) is 0 Å². The molecule has 2 aromatic rings. The maximum Gasteiger partial charge on any atom is 0.138 e. The second-order valence-electron chi connectivity index (χ2n) is 5.79.